The number of rotatable bonds is 4. The van der Waals surface area contributed by atoms with Crippen LogP contribution in [0.15, 0.2) is 23.1 Å². The Morgan fingerprint density at radius 3 is 2.86 bits per heavy atom. The zero-order valence-corrected chi connectivity index (χ0v) is 8.85. The van der Waals surface area contributed by atoms with Crippen LogP contribution in [0.2, 0.25) is 0 Å². The molecule has 1 rings (SSSR count). The maximum absolute atomic E-state index is 13.2. The van der Waals surface area contributed by atoms with Crippen LogP contribution in [0.1, 0.15) is 13.3 Å². The monoisotopic (exact) mass is 215 g/mol. The van der Waals surface area contributed by atoms with Crippen molar-refractivity contribution in [2.45, 2.75) is 24.3 Å². The van der Waals surface area contributed by atoms with Crippen LogP contribution in [0.3, 0.4) is 0 Å². The Morgan fingerprint density at radius 2 is 2.29 bits per heavy atom. The molecule has 78 valence electrons. The maximum Gasteiger partial charge on any atom is 0.138 e. The molecule has 1 atom stereocenters. The van der Waals surface area contributed by atoms with Gasteiger partial charge in [-0.25, -0.2) is 4.39 Å². The Hall–Kier alpha value is -0.740. The molecule has 4 heteroatoms. The minimum atomic E-state index is -0.378. The van der Waals surface area contributed by atoms with E-state index in [2.05, 4.69) is 0 Å². The van der Waals surface area contributed by atoms with Gasteiger partial charge in [0, 0.05) is 16.3 Å². The molecule has 1 unspecified atom stereocenters. The van der Waals surface area contributed by atoms with Gasteiger partial charge in [0.05, 0.1) is 6.10 Å². The molecule has 14 heavy (non-hydrogen) atoms. The number of halogens is 1. The molecule has 0 amide bonds. The van der Waals surface area contributed by atoms with Gasteiger partial charge in [-0.1, -0.05) is 6.92 Å². The van der Waals surface area contributed by atoms with Gasteiger partial charge in [-0.15, -0.1) is 11.8 Å². The van der Waals surface area contributed by atoms with E-state index in [9.17, 15) is 9.50 Å². The highest BCUT2D eigenvalue weighted by Crippen LogP contribution is 2.24. The van der Waals surface area contributed by atoms with E-state index in [4.69, 9.17) is 5.73 Å². The standard InChI is InChI=1S/C10H14FNOS/c1-2-8(13)6-14-10-4-3-7(12)5-9(10)11/h3-5,8,13H,2,6,12H2,1H3. The first kappa shape index (κ1) is 11.3. The SMILES string of the molecule is CCC(O)CSc1ccc(N)cc1F. The van der Waals surface area contributed by atoms with E-state index >= 15 is 0 Å². The fourth-order valence-corrected chi connectivity index (χ4v) is 1.91. The van der Waals surface area contributed by atoms with E-state index in [0.29, 0.717) is 22.8 Å². The Kier molecular flexibility index (Phi) is 4.22. The average molecular weight is 215 g/mol. The summed E-state index contributed by atoms with van der Waals surface area (Å²) in [5.41, 5.74) is 5.83. The molecular formula is C10H14FNOS. The Bertz CT molecular complexity index is 306. The molecule has 0 spiro atoms. The largest absolute Gasteiger partial charge is 0.399 e. The third-order valence-electron chi connectivity index (χ3n) is 1.86. The van der Waals surface area contributed by atoms with Crippen molar-refractivity contribution in [2.24, 2.45) is 0 Å². The van der Waals surface area contributed by atoms with Crippen molar-refractivity contribution in [3.05, 3.63) is 24.0 Å². The van der Waals surface area contributed by atoms with Gasteiger partial charge in [-0.05, 0) is 24.6 Å². The third kappa shape index (κ3) is 3.20. The van der Waals surface area contributed by atoms with Gasteiger partial charge in [-0.3, -0.25) is 0 Å². The van der Waals surface area contributed by atoms with Crippen LogP contribution in [-0.2, 0) is 0 Å². The number of nitrogens with two attached hydrogens (primary N) is 1. The predicted molar refractivity (Wildman–Crippen MR) is 57.8 cm³/mol. The topological polar surface area (TPSA) is 46.2 Å². The molecule has 2 nitrogen and oxygen atoms in total. The van der Waals surface area contributed by atoms with E-state index < -0.39 is 0 Å². The number of hydrogen-bond acceptors (Lipinski definition) is 3. The zero-order chi connectivity index (χ0) is 10.6. The average Bonchev–Trinajstić information content (AvgIpc) is 2.16. The number of aliphatic hydroxyl groups excluding tert-OH is 1. The van der Waals surface area contributed by atoms with Crippen molar-refractivity contribution >= 4 is 17.4 Å². The molecule has 0 bridgehead atoms. The molecule has 0 aliphatic carbocycles. The number of aliphatic hydroxyl groups is 1. The van der Waals surface area contributed by atoms with E-state index in [1.165, 1.54) is 17.8 Å². The van der Waals surface area contributed by atoms with Gasteiger partial charge in [0.2, 0.25) is 0 Å². The molecule has 0 saturated heterocycles. The van der Waals surface area contributed by atoms with Crippen molar-refractivity contribution in [2.75, 3.05) is 11.5 Å². The van der Waals surface area contributed by atoms with Crippen LogP contribution < -0.4 is 5.73 Å². The molecule has 0 aliphatic rings. The number of thioether (sulfide) groups is 1. The first-order valence-corrected chi connectivity index (χ1v) is 5.48. The van der Waals surface area contributed by atoms with E-state index in [1.54, 1.807) is 12.1 Å². The molecule has 3 N–H and O–H groups in total. The van der Waals surface area contributed by atoms with Crippen LogP contribution >= 0.6 is 11.8 Å². The highest BCUT2D eigenvalue weighted by Gasteiger charge is 2.06. The summed E-state index contributed by atoms with van der Waals surface area (Å²) in [6.07, 6.45) is 0.306. The van der Waals surface area contributed by atoms with Gasteiger partial charge < -0.3 is 10.8 Å². The first-order chi connectivity index (χ1) is 6.63. The molecular weight excluding hydrogens is 201 g/mol. The zero-order valence-electron chi connectivity index (χ0n) is 8.03. The van der Waals surface area contributed by atoms with Crippen LogP contribution in [0, 0.1) is 5.82 Å². The molecule has 0 fully saturated rings. The highest BCUT2D eigenvalue weighted by atomic mass is 32.2. The molecule has 1 aromatic carbocycles. The third-order valence-corrected chi connectivity index (χ3v) is 3.05. The molecule has 0 aromatic heterocycles. The van der Waals surface area contributed by atoms with Crippen molar-refractivity contribution in [3.8, 4) is 0 Å². The van der Waals surface area contributed by atoms with Gasteiger partial charge in [-0.2, -0.15) is 0 Å². The molecule has 0 saturated carbocycles. The summed E-state index contributed by atoms with van der Waals surface area (Å²) in [6.45, 7) is 1.89. The summed E-state index contributed by atoms with van der Waals surface area (Å²) in [7, 11) is 0. The molecule has 1 aromatic rings. The molecule has 0 radical (unpaired) electrons. The summed E-state index contributed by atoms with van der Waals surface area (Å²) in [6, 6.07) is 4.59. The number of benzene rings is 1. The van der Waals surface area contributed by atoms with Crippen molar-refractivity contribution < 1.29 is 9.50 Å². The first-order valence-electron chi connectivity index (χ1n) is 4.49. The van der Waals surface area contributed by atoms with Crippen LogP contribution in [0.5, 0.6) is 0 Å². The minimum Gasteiger partial charge on any atom is -0.399 e. The Balaban J connectivity index is 2.59. The lowest BCUT2D eigenvalue weighted by atomic mass is 10.3. The summed E-state index contributed by atoms with van der Waals surface area (Å²) in [5, 5.41) is 9.30. The predicted octanol–water partition coefficient (Wildman–Crippen LogP) is 2.27. The van der Waals surface area contributed by atoms with E-state index in [0.717, 1.165) is 0 Å². The molecule has 0 aliphatic heterocycles. The second-order valence-electron chi connectivity index (χ2n) is 3.06. The van der Waals surface area contributed by atoms with Crippen LogP contribution in [-0.4, -0.2) is 17.0 Å². The fraction of sp³-hybridized carbons (Fsp3) is 0.400. The van der Waals surface area contributed by atoms with Gasteiger partial charge in [0.1, 0.15) is 5.82 Å². The number of nitrogen functional groups attached to an aromatic ring is 1. The quantitative estimate of drug-likeness (QED) is 0.598. The smallest absolute Gasteiger partial charge is 0.138 e. The minimum absolute atomic E-state index is 0.321. The summed E-state index contributed by atoms with van der Waals surface area (Å²) < 4.78 is 13.2. The van der Waals surface area contributed by atoms with Crippen LogP contribution in [0.4, 0.5) is 10.1 Å². The summed E-state index contributed by atoms with van der Waals surface area (Å²) in [4.78, 5) is 0.534. The lowest BCUT2D eigenvalue weighted by Gasteiger charge is -2.07. The van der Waals surface area contributed by atoms with Crippen molar-refractivity contribution in [1.82, 2.24) is 0 Å². The Labute approximate surface area is 87.3 Å². The van der Waals surface area contributed by atoms with Crippen molar-refractivity contribution in [1.29, 1.82) is 0 Å². The Morgan fingerprint density at radius 1 is 1.57 bits per heavy atom. The lowest BCUT2D eigenvalue weighted by molar-refractivity contribution is 0.195. The van der Waals surface area contributed by atoms with Gasteiger partial charge >= 0.3 is 0 Å². The summed E-state index contributed by atoms with van der Waals surface area (Å²) >= 11 is 1.31. The lowest BCUT2D eigenvalue weighted by Crippen LogP contribution is -2.07. The van der Waals surface area contributed by atoms with Crippen LogP contribution in [0.25, 0.3) is 0 Å². The number of hydrogen-bond donors (Lipinski definition) is 2. The van der Waals surface area contributed by atoms with Gasteiger partial charge in [0.25, 0.3) is 0 Å². The van der Waals surface area contributed by atoms with Gasteiger partial charge in [0.15, 0.2) is 0 Å². The second kappa shape index (κ2) is 5.22. The van der Waals surface area contributed by atoms with Crippen molar-refractivity contribution in [3.63, 3.8) is 0 Å². The molecule has 0 heterocycles. The maximum atomic E-state index is 13.2. The normalized spacial score (nSPS) is 12.8. The van der Waals surface area contributed by atoms with E-state index in [-0.39, 0.29) is 11.9 Å². The van der Waals surface area contributed by atoms with E-state index in [1.807, 2.05) is 6.92 Å². The fourth-order valence-electron chi connectivity index (χ4n) is 0.938. The summed E-state index contributed by atoms with van der Waals surface area (Å²) in [5.74, 6) is 0.190. The number of anilines is 1. The second-order valence-corrected chi connectivity index (χ2v) is 4.12. The highest BCUT2D eigenvalue weighted by molar-refractivity contribution is 7.99.